The van der Waals surface area contributed by atoms with E-state index in [9.17, 15) is 0 Å². The van der Waals surface area contributed by atoms with Crippen molar-refractivity contribution in [2.75, 3.05) is 6.61 Å². The van der Waals surface area contributed by atoms with Gasteiger partial charge in [-0.2, -0.15) is 0 Å². The molecule has 0 amide bonds. The monoisotopic (exact) mass is 310 g/mol. The van der Waals surface area contributed by atoms with E-state index < -0.39 is 0 Å². The summed E-state index contributed by atoms with van der Waals surface area (Å²) in [5.74, 6) is 0.956. The molecule has 124 valence electrons. The number of benzene rings is 2. The normalized spacial score (nSPS) is 12.3. The van der Waals surface area contributed by atoms with Crippen molar-refractivity contribution in [1.29, 1.82) is 0 Å². The first-order chi connectivity index (χ1) is 10.7. The number of hydrogen-bond acceptors (Lipinski definition) is 1. The van der Waals surface area contributed by atoms with Crippen LogP contribution >= 0.6 is 0 Å². The molecule has 1 nitrogen and oxygen atoms in total. The summed E-state index contributed by atoms with van der Waals surface area (Å²) < 4.78 is 6.13. The highest BCUT2D eigenvalue weighted by atomic mass is 16.5. The lowest BCUT2D eigenvalue weighted by molar-refractivity contribution is 0.240. The van der Waals surface area contributed by atoms with Gasteiger partial charge in [0.05, 0.1) is 6.61 Å². The van der Waals surface area contributed by atoms with E-state index in [-0.39, 0.29) is 10.8 Å². The van der Waals surface area contributed by atoms with Crippen molar-refractivity contribution in [1.82, 2.24) is 0 Å². The fourth-order valence-corrected chi connectivity index (χ4v) is 2.61. The Bertz CT molecular complexity index is 647. The first-order valence-corrected chi connectivity index (χ1v) is 8.55. The summed E-state index contributed by atoms with van der Waals surface area (Å²) in [5.41, 5.74) is 4.16. The van der Waals surface area contributed by atoms with Crippen molar-refractivity contribution in [3.8, 4) is 5.75 Å². The summed E-state index contributed by atoms with van der Waals surface area (Å²) in [5, 5.41) is 0. The van der Waals surface area contributed by atoms with Crippen LogP contribution in [0.15, 0.2) is 48.5 Å². The van der Waals surface area contributed by atoms with Gasteiger partial charge in [0.1, 0.15) is 5.75 Å². The summed E-state index contributed by atoms with van der Waals surface area (Å²) >= 11 is 0. The van der Waals surface area contributed by atoms with Crippen LogP contribution in [0.3, 0.4) is 0 Å². The zero-order valence-corrected chi connectivity index (χ0v) is 15.4. The van der Waals surface area contributed by atoms with Crippen LogP contribution < -0.4 is 4.74 Å². The molecule has 0 bridgehead atoms. The summed E-state index contributed by atoms with van der Waals surface area (Å²) in [7, 11) is 0. The average Bonchev–Trinajstić information content (AvgIpc) is 2.52. The maximum atomic E-state index is 6.13. The molecule has 2 aromatic rings. The molecule has 0 heterocycles. The van der Waals surface area contributed by atoms with Gasteiger partial charge in [0.15, 0.2) is 0 Å². The van der Waals surface area contributed by atoms with E-state index in [2.05, 4.69) is 84.0 Å². The van der Waals surface area contributed by atoms with Crippen LogP contribution in [0.4, 0.5) is 0 Å². The van der Waals surface area contributed by atoms with Crippen molar-refractivity contribution in [2.24, 2.45) is 0 Å². The molecule has 0 saturated carbocycles. The lowest BCUT2D eigenvalue weighted by Crippen LogP contribution is -2.26. The second-order valence-electron chi connectivity index (χ2n) is 8.00. The average molecular weight is 310 g/mol. The molecule has 0 fully saturated rings. The third kappa shape index (κ3) is 4.60. The Morgan fingerprint density at radius 2 is 1.48 bits per heavy atom. The van der Waals surface area contributed by atoms with E-state index in [1.54, 1.807) is 0 Å². The van der Waals surface area contributed by atoms with E-state index in [0.717, 1.165) is 12.2 Å². The van der Waals surface area contributed by atoms with Crippen LogP contribution in [0.5, 0.6) is 5.75 Å². The Kier molecular flexibility index (Phi) is 5.19. The minimum absolute atomic E-state index is 0.0110. The maximum Gasteiger partial charge on any atom is 0.119 e. The van der Waals surface area contributed by atoms with Crippen LogP contribution in [0.2, 0.25) is 0 Å². The zero-order valence-electron chi connectivity index (χ0n) is 15.4. The fraction of sp³-hybridized carbons (Fsp3) is 0.455. The van der Waals surface area contributed by atoms with Gasteiger partial charge in [-0.15, -0.1) is 0 Å². The van der Waals surface area contributed by atoms with Gasteiger partial charge in [-0.1, -0.05) is 77.9 Å². The lowest BCUT2D eigenvalue weighted by atomic mass is 9.84. The second kappa shape index (κ2) is 6.78. The molecule has 0 spiro atoms. The van der Waals surface area contributed by atoms with E-state index in [1.807, 2.05) is 6.07 Å². The van der Waals surface area contributed by atoms with E-state index in [1.165, 1.54) is 16.7 Å². The first-order valence-electron chi connectivity index (χ1n) is 8.55. The second-order valence-corrected chi connectivity index (χ2v) is 8.00. The predicted octanol–water partition coefficient (Wildman–Crippen LogP) is 5.90. The Balaban J connectivity index is 2.12. The van der Waals surface area contributed by atoms with Crippen LogP contribution in [0.1, 0.15) is 58.2 Å². The molecule has 0 aliphatic heterocycles. The maximum absolute atomic E-state index is 6.13. The molecule has 2 rings (SSSR count). The van der Waals surface area contributed by atoms with E-state index >= 15 is 0 Å². The molecule has 23 heavy (non-hydrogen) atoms. The Labute approximate surface area is 141 Å². The van der Waals surface area contributed by atoms with Gasteiger partial charge in [-0.3, -0.25) is 0 Å². The van der Waals surface area contributed by atoms with Gasteiger partial charge in [0.2, 0.25) is 0 Å². The Hall–Kier alpha value is -1.76. The molecule has 2 aromatic carbocycles. The molecule has 0 aliphatic rings. The molecule has 0 N–H and O–H groups in total. The molecule has 0 radical (unpaired) electrons. The van der Waals surface area contributed by atoms with Crippen molar-refractivity contribution in [2.45, 2.75) is 58.8 Å². The Morgan fingerprint density at radius 1 is 0.826 bits per heavy atom. The molecule has 0 atom stereocenters. The highest BCUT2D eigenvalue weighted by Crippen LogP contribution is 2.28. The Morgan fingerprint density at radius 3 is 2.13 bits per heavy atom. The number of ether oxygens (including phenoxy) is 1. The quantitative estimate of drug-likeness (QED) is 0.667. The summed E-state index contributed by atoms with van der Waals surface area (Å²) in [6.45, 7) is 14.0. The van der Waals surface area contributed by atoms with Gasteiger partial charge in [0, 0.05) is 5.41 Å². The van der Waals surface area contributed by atoms with Gasteiger partial charge >= 0.3 is 0 Å². The van der Waals surface area contributed by atoms with Crippen molar-refractivity contribution in [3.63, 3.8) is 0 Å². The first kappa shape index (κ1) is 17.6. The minimum atomic E-state index is -0.0110. The van der Waals surface area contributed by atoms with E-state index in [4.69, 9.17) is 4.74 Å². The number of aryl methyl sites for hydroxylation is 1. The smallest absolute Gasteiger partial charge is 0.119 e. The third-order valence-corrected chi connectivity index (χ3v) is 4.42. The summed E-state index contributed by atoms with van der Waals surface area (Å²) in [6, 6.07) is 17.3. The van der Waals surface area contributed by atoms with Crippen LogP contribution in [0.25, 0.3) is 0 Å². The van der Waals surface area contributed by atoms with Crippen LogP contribution in [-0.4, -0.2) is 6.61 Å². The van der Waals surface area contributed by atoms with Gasteiger partial charge < -0.3 is 4.74 Å². The molecule has 0 aromatic heterocycles. The summed E-state index contributed by atoms with van der Waals surface area (Å²) in [4.78, 5) is 0. The molecule has 0 aliphatic carbocycles. The molecule has 0 saturated heterocycles. The van der Waals surface area contributed by atoms with Gasteiger partial charge in [-0.25, -0.2) is 0 Å². The fourth-order valence-electron chi connectivity index (χ4n) is 2.61. The number of hydrogen-bond donors (Lipinski definition) is 0. The van der Waals surface area contributed by atoms with Crippen molar-refractivity contribution in [3.05, 3.63) is 65.2 Å². The van der Waals surface area contributed by atoms with Crippen molar-refractivity contribution >= 4 is 0 Å². The van der Waals surface area contributed by atoms with E-state index in [0.29, 0.717) is 6.61 Å². The van der Waals surface area contributed by atoms with Crippen LogP contribution in [0, 0.1) is 0 Å². The van der Waals surface area contributed by atoms with Crippen LogP contribution in [-0.2, 0) is 17.3 Å². The minimum Gasteiger partial charge on any atom is -0.493 e. The topological polar surface area (TPSA) is 9.23 Å². The zero-order chi connectivity index (χ0) is 17.1. The summed E-state index contributed by atoms with van der Waals surface area (Å²) in [6.07, 6.45) is 1.07. The molecular weight excluding hydrogens is 280 g/mol. The molecule has 0 unspecified atom stereocenters. The lowest BCUT2D eigenvalue weighted by Gasteiger charge is -2.26. The largest absolute Gasteiger partial charge is 0.493 e. The van der Waals surface area contributed by atoms with Gasteiger partial charge in [0.25, 0.3) is 0 Å². The standard InChI is InChI=1S/C22H30O/c1-7-17-10-8-12-19(14-17)22(5,6)16-23-20-13-9-11-18(15-20)21(2,3)4/h8-15H,7,16H2,1-6H3. The molecule has 1 heteroatoms. The number of rotatable bonds is 5. The molecular formula is C22H30O. The SMILES string of the molecule is CCc1cccc(C(C)(C)COc2cccc(C(C)(C)C)c2)c1. The van der Waals surface area contributed by atoms with Crippen molar-refractivity contribution < 1.29 is 4.74 Å². The highest BCUT2D eigenvalue weighted by Gasteiger charge is 2.22. The van der Waals surface area contributed by atoms with Gasteiger partial charge in [-0.05, 0) is 40.7 Å². The third-order valence-electron chi connectivity index (χ3n) is 4.42. The predicted molar refractivity (Wildman–Crippen MR) is 99.5 cm³/mol. The highest BCUT2D eigenvalue weighted by molar-refractivity contribution is 5.33.